The first-order valence-electron chi connectivity index (χ1n) is 9.75. The highest BCUT2D eigenvalue weighted by Crippen LogP contribution is 2.56. The van der Waals surface area contributed by atoms with Crippen LogP contribution in [0.5, 0.6) is 0 Å². The van der Waals surface area contributed by atoms with E-state index in [9.17, 15) is 0 Å². The number of fused-ring (bicyclic) bond motifs is 5. The third-order valence-corrected chi connectivity index (χ3v) is 7.90. The molecule has 2 aliphatic heterocycles. The van der Waals surface area contributed by atoms with Crippen LogP contribution in [0, 0.1) is 5.92 Å². The average Bonchev–Trinajstić information content (AvgIpc) is 3.08. The minimum atomic E-state index is -0.0796. The quantitative estimate of drug-likeness (QED) is 0.690. The molecule has 3 aliphatic rings. The molecule has 0 N–H and O–H groups in total. The molecule has 1 saturated heterocycles. The van der Waals surface area contributed by atoms with E-state index in [1.807, 2.05) is 11.8 Å². The van der Waals surface area contributed by atoms with Gasteiger partial charge in [0.1, 0.15) is 0 Å². The molecule has 1 aliphatic carbocycles. The summed E-state index contributed by atoms with van der Waals surface area (Å²) in [5.41, 5.74) is 2.80. The number of rotatable bonds is 1. The van der Waals surface area contributed by atoms with E-state index in [1.54, 1.807) is 0 Å². The van der Waals surface area contributed by atoms with Crippen LogP contribution in [0.3, 0.4) is 0 Å². The lowest BCUT2D eigenvalue weighted by atomic mass is 9.82. The van der Waals surface area contributed by atoms with Gasteiger partial charge in [-0.1, -0.05) is 37.5 Å². The Morgan fingerprint density at radius 2 is 1.88 bits per heavy atom. The third kappa shape index (κ3) is 2.34. The molecule has 25 heavy (non-hydrogen) atoms. The smallest absolute Gasteiger partial charge is 0.0899 e. The Morgan fingerprint density at radius 1 is 1.12 bits per heavy atom. The maximum Gasteiger partial charge on any atom is 0.0899 e. The van der Waals surface area contributed by atoms with E-state index in [-0.39, 0.29) is 5.60 Å². The second-order valence-corrected chi connectivity index (χ2v) is 9.51. The maximum absolute atomic E-state index is 6.66. The maximum atomic E-state index is 6.66. The first kappa shape index (κ1) is 16.2. The molecule has 0 spiro atoms. The normalized spacial score (nSPS) is 29.7. The van der Waals surface area contributed by atoms with E-state index in [0.717, 1.165) is 5.75 Å². The molecule has 0 radical (unpaired) electrons. The molecular formula is C21H28N2OS. The van der Waals surface area contributed by atoms with E-state index in [4.69, 9.17) is 4.84 Å². The molecule has 2 aromatic rings. The minimum Gasteiger partial charge on any atom is -0.339 e. The molecule has 1 aromatic carbocycles. The second-order valence-electron chi connectivity index (χ2n) is 8.50. The number of aromatic nitrogens is 1. The third-order valence-electron chi connectivity index (χ3n) is 6.61. The van der Waals surface area contributed by atoms with Gasteiger partial charge in [-0.2, -0.15) is 5.06 Å². The van der Waals surface area contributed by atoms with E-state index in [0.29, 0.717) is 18.0 Å². The van der Waals surface area contributed by atoms with Gasteiger partial charge >= 0.3 is 0 Å². The topological polar surface area (TPSA) is 17.4 Å². The fourth-order valence-electron chi connectivity index (χ4n) is 5.24. The number of nitrogens with zero attached hydrogens (tertiary/aromatic N) is 2. The van der Waals surface area contributed by atoms with Crippen LogP contribution in [0.2, 0.25) is 0 Å². The van der Waals surface area contributed by atoms with Gasteiger partial charge in [0.05, 0.1) is 16.7 Å². The molecule has 4 heteroatoms. The molecular weight excluding hydrogens is 328 g/mol. The van der Waals surface area contributed by atoms with Crippen LogP contribution in [0.1, 0.15) is 57.6 Å². The summed E-state index contributed by atoms with van der Waals surface area (Å²) >= 11 is 2.02. The van der Waals surface area contributed by atoms with Gasteiger partial charge in [0, 0.05) is 41.2 Å². The monoisotopic (exact) mass is 356 g/mol. The number of thioether (sulfide) groups is 1. The Balaban J connectivity index is 1.67. The fourth-order valence-corrected chi connectivity index (χ4v) is 6.84. The van der Waals surface area contributed by atoms with Crippen molar-refractivity contribution in [1.29, 1.82) is 0 Å². The number of hydrogen-bond acceptors (Lipinski definition) is 3. The Bertz CT molecular complexity index is 806. The zero-order valence-electron chi connectivity index (χ0n) is 15.5. The van der Waals surface area contributed by atoms with Crippen molar-refractivity contribution in [2.24, 2.45) is 13.0 Å². The zero-order valence-corrected chi connectivity index (χ0v) is 16.3. The van der Waals surface area contributed by atoms with E-state index < -0.39 is 0 Å². The summed E-state index contributed by atoms with van der Waals surface area (Å²) in [4.78, 5) is 6.66. The second kappa shape index (κ2) is 5.77. The van der Waals surface area contributed by atoms with Crippen LogP contribution in [0.15, 0.2) is 29.3 Å². The SMILES string of the molecule is Cn1c2c(c3ccccc31)[C@@H]1[C@H](CS2)C(C)(C)ON1C1CCCCC1. The van der Waals surface area contributed by atoms with Crippen LogP contribution in [-0.2, 0) is 11.9 Å². The molecule has 0 amide bonds. The largest absolute Gasteiger partial charge is 0.339 e. The fraction of sp³-hybridized carbons (Fsp3) is 0.619. The van der Waals surface area contributed by atoms with Crippen LogP contribution in [0.25, 0.3) is 10.9 Å². The molecule has 1 saturated carbocycles. The predicted molar refractivity (Wildman–Crippen MR) is 104 cm³/mol. The highest BCUT2D eigenvalue weighted by Gasteiger charge is 2.54. The van der Waals surface area contributed by atoms with Crippen LogP contribution in [-0.4, -0.2) is 27.0 Å². The highest BCUT2D eigenvalue weighted by atomic mass is 32.2. The lowest BCUT2D eigenvalue weighted by Crippen LogP contribution is -2.37. The lowest BCUT2D eigenvalue weighted by molar-refractivity contribution is -0.223. The molecule has 0 unspecified atom stereocenters. The number of benzene rings is 1. The van der Waals surface area contributed by atoms with Crippen molar-refractivity contribution in [3.8, 4) is 0 Å². The summed E-state index contributed by atoms with van der Waals surface area (Å²) < 4.78 is 2.40. The summed E-state index contributed by atoms with van der Waals surface area (Å²) in [7, 11) is 2.22. The molecule has 0 bridgehead atoms. The average molecular weight is 357 g/mol. The van der Waals surface area contributed by atoms with Crippen molar-refractivity contribution in [3.63, 3.8) is 0 Å². The van der Waals surface area contributed by atoms with Gasteiger partial charge in [-0.15, -0.1) is 11.8 Å². The van der Waals surface area contributed by atoms with E-state index >= 15 is 0 Å². The molecule has 3 heterocycles. The minimum absolute atomic E-state index is 0.0796. The van der Waals surface area contributed by atoms with Crippen LogP contribution in [0.4, 0.5) is 0 Å². The van der Waals surface area contributed by atoms with Gasteiger partial charge < -0.3 is 4.57 Å². The first-order valence-corrected chi connectivity index (χ1v) is 10.7. The highest BCUT2D eigenvalue weighted by molar-refractivity contribution is 7.99. The zero-order chi connectivity index (χ0) is 17.2. The summed E-state index contributed by atoms with van der Waals surface area (Å²) in [6.45, 7) is 4.59. The number of aryl methyl sites for hydroxylation is 1. The van der Waals surface area contributed by atoms with Crippen molar-refractivity contribution in [2.75, 3.05) is 5.75 Å². The van der Waals surface area contributed by atoms with Crippen molar-refractivity contribution in [3.05, 3.63) is 29.8 Å². The van der Waals surface area contributed by atoms with E-state index in [1.165, 1.54) is 53.6 Å². The summed E-state index contributed by atoms with van der Waals surface area (Å²) in [5.74, 6) is 1.70. The van der Waals surface area contributed by atoms with Gasteiger partial charge in [-0.25, -0.2) is 0 Å². The Morgan fingerprint density at radius 3 is 2.68 bits per heavy atom. The van der Waals surface area contributed by atoms with Crippen LogP contribution >= 0.6 is 11.8 Å². The van der Waals surface area contributed by atoms with Crippen LogP contribution < -0.4 is 0 Å². The Kier molecular flexibility index (Phi) is 3.74. The molecule has 2 atom stereocenters. The number of hydroxylamine groups is 2. The molecule has 1 aromatic heterocycles. The van der Waals surface area contributed by atoms with Gasteiger partial charge in [0.2, 0.25) is 0 Å². The van der Waals surface area contributed by atoms with Crippen molar-refractivity contribution < 1.29 is 4.84 Å². The first-order chi connectivity index (χ1) is 12.1. The van der Waals surface area contributed by atoms with Gasteiger partial charge in [-0.3, -0.25) is 4.84 Å². The molecule has 134 valence electrons. The number of para-hydroxylation sites is 1. The predicted octanol–water partition coefficient (Wildman–Crippen LogP) is 5.30. The number of hydrogen-bond donors (Lipinski definition) is 0. The van der Waals surface area contributed by atoms with Gasteiger partial charge in [-0.05, 0) is 32.8 Å². The van der Waals surface area contributed by atoms with E-state index in [2.05, 4.69) is 54.8 Å². The molecule has 5 rings (SSSR count). The Labute approximate surface area is 154 Å². The summed E-state index contributed by atoms with van der Waals surface area (Å²) in [6, 6.07) is 9.89. The molecule has 3 nitrogen and oxygen atoms in total. The Hall–Kier alpha value is -0.970. The molecule has 2 fully saturated rings. The lowest BCUT2D eigenvalue weighted by Gasteiger charge is -2.36. The van der Waals surface area contributed by atoms with Crippen molar-refractivity contribution in [2.45, 2.75) is 68.7 Å². The van der Waals surface area contributed by atoms with Gasteiger partial charge in [0.25, 0.3) is 0 Å². The standard InChI is InChI=1S/C21H28N2OS/c1-21(2)16-13-25-20-18(15-11-7-8-12-17(15)22(20)3)19(16)23(24-21)14-9-5-4-6-10-14/h7-8,11-12,14,16,19H,4-6,9-10,13H2,1-3H3/t16-,19-/m0/s1. The van der Waals surface area contributed by atoms with Gasteiger partial charge in [0.15, 0.2) is 0 Å². The van der Waals surface area contributed by atoms with Crippen molar-refractivity contribution >= 4 is 22.7 Å². The van der Waals surface area contributed by atoms with Crippen molar-refractivity contribution in [1.82, 2.24) is 9.63 Å². The summed E-state index contributed by atoms with van der Waals surface area (Å²) in [6.07, 6.45) is 6.65. The summed E-state index contributed by atoms with van der Waals surface area (Å²) in [5, 5.41) is 5.31.